The zero-order chi connectivity index (χ0) is 16.4. The van der Waals surface area contributed by atoms with E-state index in [1.54, 1.807) is 36.4 Å². The minimum Gasteiger partial charge on any atom is -0.495 e. The molecule has 0 amide bonds. The van der Waals surface area contributed by atoms with Gasteiger partial charge in [-0.1, -0.05) is 12.1 Å². The summed E-state index contributed by atoms with van der Waals surface area (Å²) in [5.74, 6) is 0.468. The van der Waals surface area contributed by atoms with Gasteiger partial charge in [-0.25, -0.2) is 8.42 Å². The van der Waals surface area contributed by atoms with E-state index in [4.69, 9.17) is 4.74 Å². The molecule has 0 unspecified atom stereocenters. The number of H-pyrrole nitrogens is 1. The fourth-order valence-electron chi connectivity index (χ4n) is 2.07. The van der Waals surface area contributed by atoms with Crippen molar-refractivity contribution in [2.24, 2.45) is 0 Å². The number of para-hydroxylation sites is 2. The van der Waals surface area contributed by atoms with Crippen LogP contribution in [0.4, 0.5) is 5.69 Å². The third-order valence-electron chi connectivity index (χ3n) is 3.16. The Kier molecular flexibility index (Phi) is 4.10. The van der Waals surface area contributed by atoms with Crippen molar-refractivity contribution in [2.75, 3.05) is 11.8 Å². The van der Waals surface area contributed by atoms with Crippen LogP contribution < -0.4 is 9.46 Å². The molecular formula is C15H15N3O3S2. The van der Waals surface area contributed by atoms with E-state index in [1.807, 2.05) is 13.0 Å². The number of aromatic nitrogens is 2. The minimum absolute atomic E-state index is 0.221. The van der Waals surface area contributed by atoms with Gasteiger partial charge in [-0.05, 0) is 37.3 Å². The maximum absolute atomic E-state index is 12.5. The van der Waals surface area contributed by atoms with E-state index in [-0.39, 0.29) is 4.21 Å². The molecule has 0 aliphatic carbocycles. The van der Waals surface area contributed by atoms with E-state index in [2.05, 4.69) is 14.9 Å². The molecule has 0 spiro atoms. The standard InChI is InChI=1S/C15H15N3O3S2/c1-10-9-12(17-16-10)14-7-8-15(22-14)23(19,20)18-11-5-3-4-6-13(11)21-2/h3-9,18H,1-2H3,(H,16,17). The van der Waals surface area contributed by atoms with Crippen LogP contribution in [0.5, 0.6) is 5.75 Å². The fourth-order valence-corrected chi connectivity index (χ4v) is 4.41. The Morgan fingerprint density at radius 3 is 2.70 bits per heavy atom. The minimum atomic E-state index is -3.68. The number of hydrogen-bond donors (Lipinski definition) is 2. The molecule has 0 aliphatic heterocycles. The van der Waals surface area contributed by atoms with Crippen LogP contribution in [0.2, 0.25) is 0 Å². The first-order valence-corrected chi connectivity index (χ1v) is 9.07. The summed E-state index contributed by atoms with van der Waals surface area (Å²) in [5, 5.41) is 6.99. The Bertz CT molecular complexity index is 929. The first-order valence-electron chi connectivity index (χ1n) is 6.77. The van der Waals surface area contributed by atoms with Crippen molar-refractivity contribution in [2.45, 2.75) is 11.1 Å². The number of nitrogens with one attached hydrogen (secondary N) is 2. The van der Waals surface area contributed by atoms with Crippen LogP contribution in [-0.2, 0) is 10.0 Å². The number of benzene rings is 1. The van der Waals surface area contributed by atoms with Gasteiger partial charge in [0, 0.05) is 5.69 Å². The summed E-state index contributed by atoms with van der Waals surface area (Å²) >= 11 is 1.17. The van der Waals surface area contributed by atoms with Gasteiger partial charge >= 0.3 is 0 Å². The number of aromatic amines is 1. The molecule has 3 rings (SSSR count). The quantitative estimate of drug-likeness (QED) is 0.740. The molecule has 2 N–H and O–H groups in total. The second kappa shape index (κ2) is 6.05. The molecule has 0 fully saturated rings. The lowest BCUT2D eigenvalue weighted by Crippen LogP contribution is -2.12. The normalized spacial score (nSPS) is 11.4. The largest absolute Gasteiger partial charge is 0.495 e. The summed E-state index contributed by atoms with van der Waals surface area (Å²) in [6.07, 6.45) is 0. The smallest absolute Gasteiger partial charge is 0.271 e. The molecule has 120 valence electrons. The van der Waals surface area contributed by atoms with Crippen LogP contribution in [-0.4, -0.2) is 25.7 Å². The Labute approximate surface area is 138 Å². The van der Waals surface area contributed by atoms with E-state index in [9.17, 15) is 8.42 Å². The Balaban J connectivity index is 1.90. The van der Waals surface area contributed by atoms with Gasteiger partial charge in [-0.15, -0.1) is 11.3 Å². The lowest BCUT2D eigenvalue weighted by Gasteiger charge is -2.10. The van der Waals surface area contributed by atoms with Gasteiger partial charge < -0.3 is 4.74 Å². The zero-order valence-electron chi connectivity index (χ0n) is 12.5. The second-order valence-electron chi connectivity index (χ2n) is 4.86. The maximum Gasteiger partial charge on any atom is 0.271 e. The van der Waals surface area contributed by atoms with E-state index in [0.29, 0.717) is 11.4 Å². The van der Waals surface area contributed by atoms with Crippen LogP contribution >= 0.6 is 11.3 Å². The summed E-state index contributed by atoms with van der Waals surface area (Å²) in [6, 6.07) is 12.1. The molecule has 0 bridgehead atoms. The predicted molar refractivity (Wildman–Crippen MR) is 90.4 cm³/mol. The fraction of sp³-hybridized carbons (Fsp3) is 0.133. The lowest BCUT2D eigenvalue weighted by atomic mass is 10.3. The van der Waals surface area contributed by atoms with E-state index in [0.717, 1.165) is 16.3 Å². The number of anilines is 1. The monoisotopic (exact) mass is 349 g/mol. The number of nitrogens with zero attached hydrogens (tertiary/aromatic N) is 1. The van der Waals surface area contributed by atoms with Gasteiger partial charge in [0.05, 0.1) is 17.7 Å². The number of sulfonamides is 1. The summed E-state index contributed by atoms with van der Waals surface area (Å²) in [6.45, 7) is 1.89. The van der Waals surface area contributed by atoms with Crippen molar-refractivity contribution in [3.05, 3.63) is 48.2 Å². The van der Waals surface area contributed by atoms with Crippen molar-refractivity contribution < 1.29 is 13.2 Å². The number of hydrogen-bond acceptors (Lipinski definition) is 5. The Morgan fingerprint density at radius 1 is 1.22 bits per heavy atom. The molecule has 2 aromatic heterocycles. The van der Waals surface area contributed by atoms with Crippen molar-refractivity contribution in [1.82, 2.24) is 10.2 Å². The molecule has 8 heteroatoms. The van der Waals surface area contributed by atoms with Gasteiger partial charge in [0.15, 0.2) is 0 Å². The van der Waals surface area contributed by atoms with E-state index >= 15 is 0 Å². The van der Waals surface area contributed by atoms with Gasteiger partial charge in [0.1, 0.15) is 15.7 Å². The number of rotatable bonds is 5. The molecule has 3 aromatic rings. The van der Waals surface area contributed by atoms with Crippen molar-refractivity contribution in [1.29, 1.82) is 0 Å². The van der Waals surface area contributed by atoms with E-state index in [1.165, 1.54) is 18.4 Å². The number of methoxy groups -OCH3 is 1. The molecule has 0 aliphatic rings. The van der Waals surface area contributed by atoms with Gasteiger partial charge in [-0.2, -0.15) is 5.10 Å². The second-order valence-corrected chi connectivity index (χ2v) is 7.85. The highest BCUT2D eigenvalue weighted by molar-refractivity contribution is 7.94. The number of aryl methyl sites for hydroxylation is 1. The number of ether oxygens (including phenoxy) is 1. The molecule has 0 saturated heterocycles. The highest BCUT2D eigenvalue weighted by Gasteiger charge is 2.19. The van der Waals surface area contributed by atoms with E-state index < -0.39 is 10.0 Å². The predicted octanol–water partition coefficient (Wildman–Crippen LogP) is 3.26. The maximum atomic E-state index is 12.5. The Morgan fingerprint density at radius 2 is 2.00 bits per heavy atom. The molecule has 0 saturated carbocycles. The summed E-state index contributed by atoms with van der Waals surface area (Å²) in [4.78, 5) is 0.787. The molecule has 0 atom stereocenters. The SMILES string of the molecule is COc1ccccc1NS(=O)(=O)c1ccc(-c2cc(C)[nH]n2)s1. The van der Waals surface area contributed by atoms with Crippen LogP contribution in [0.15, 0.2) is 46.7 Å². The summed E-state index contributed by atoms with van der Waals surface area (Å²) in [5.41, 5.74) is 2.05. The van der Waals surface area contributed by atoms with Gasteiger partial charge in [-0.3, -0.25) is 9.82 Å². The first kappa shape index (κ1) is 15.6. The van der Waals surface area contributed by atoms with Gasteiger partial charge in [0.2, 0.25) is 0 Å². The molecular weight excluding hydrogens is 334 g/mol. The first-order chi connectivity index (χ1) is 11.0. The lowest BCUT2D eigenvalue weighted by molar-refractivity contribution is 0.417. The zero-order valence-corrected chi connectivity index (χ0v) is 14.2. The third kappa shape index (κ3) is 3.22. The molecule has 6 nitrogen and oxygen atoms in total. The van der Waals surface area contributed by atoms with Crippen LogP contribution in [0.1, 0.15) is 5.69 Å². The molecule has 0 radical (unpaired) electrons. The van der Waals surface area contributed by atoms with Crippen molar-refractivity contribution in [3.8, 4) is 16.3 Å². The molecule has 23 heavy (non-hydrogen) atoms. The highest BCUT2D eigenvalue weighted by atomic mass is 32.2. The average molecular weight is 349 g/mol. The average Bonchev–Trinajstić information content (AvgIpc) is 3.16. The number of thiophene rings is 1. The summed E-state index contributed by atoms with van der Waals surface area (Å²) < 4.78 is 33.0. The van der Waals surface area contributed by atoms with Crippen LogP contribution in [0.25, 0.3) is 10.6 Å². The molecule has 2 heterocycles. The topological polar surface area (TPSA) is 84.1 Å². The van der Waals surface area contributed by atoms with Crippen LogP contribution in [0.3, 0.4) is 0 Å². The van der Waals surface area contributed by atoms with Crippen molar-refractivity contribution in [3.63, 3.8) is 0 Å². The Hall–Kier alpha value is -2.32. The third-order valence-corrected chi connectivity index (χ3v) is 6.12. The van der Waals surface area contributed by atoms with Crippen molar-refractivity contribution >= 4 is 27.0 Å². The molecule has 1 aromatic carbocycles. The van der Waals surface area contributed by atoms with Gasteiger partial charge in [0.25, 0.3) is 10.0 Å². The van der Waals surface area contributed by atoms with Crippen LogP contribution in [0, 0.1) is 6.92 Å². The summed E-state index contributed by atoms with van der Waals surface area (Å²) in [7, 11) is -2.18. The highest BCUT2D eigenvalue weighted by Crippen LogP contribution is 2.32.